The average Bonchev–Trinajstić information content (AvgIpc) is 3.37. The van der Waals surface area contributed by atoms with Crippen LogP contribution in [-0.2, 0) is 6.54 Å². The second-order valence-electron chi connectivity index (χ2n) is 9.50. The number of fused-ring (bicyclic) bond motifs is 1. The second-order valence-corrected chi connectivity index (χ2v) is 10.7. The minimum absolute atomic E-state index is 0.0920. The summed E-state index contributed by atoms with van der Waals surface area (Å²) in [6, 6.07) is 1.70. The van der Waals surface area contributed by atoms with E-state index in [1.807, 2.05) is 11.8 Å². The van der Waals surface area contributed by atoms with Crippen LogP contribution >= 0.6 is 11.3 Å². The molecule has 0 bridgehead atoms. The molecule has 0 unspecified atom stereocenters. The average molecular weight is 469 g/mol. The van der Waals surface area contributed by atoms with Gasteiger partial charge in [0.05, 0.1) is 17.6 Å². The third kappa shape index (κ3) is 4.48. The monoisotopic (exact) mass is 468 g/mol. The number of aromatic nitrogens is 3. The van der Waals surface area contributed by atoms with E-state index < -0.39 is 0 Å². The standard InChI is InChI=1S/C24H32N6O2S/c1-15-5-7-28(8-6-15)14-20-25-22(21-17(3)18(4)33-23(21)26-20)29-9-11-30(12-10-29)24(31)19-13-16(2)27-32-19/h13,15H,5-12,14H2,1-4H3. The Hall–Kier alpha value is -2.52. The molecule has 33 heavy (non-hydrogen) atoms. The van der Waals surface area contributed by atoms with E-state index in [9.17, 15) is 4.79 Å². The van der Waals surface area contributed by atoms with Crippen molar-refractivity contribution < 1.29 is 9.32 Å². The van der Waals surface area contributed by atoms with E-state index in [0.29, 0.717) is 18.8 Å². The summed E-state index contributed by atoms with van der Waals surface area (Å²) in [5.41, 5.74) is 1.98. The summed E-state index contributed by atoms with van der Waals surface area (Å²) < 4.78 is 5.18. The van der Waals surface area contributed by atoms with Gasteiger partial charge in [-0.2, -0.15) is 0 Å². The lowest BCUT2D eigenvalue weighted by Gasteiger charge is -2.35. The molecule has 2 aliphatic rings. The Kier molecular flexibility index (Phi) is 6.09. The van der Waals surface area contributed by atoms with Gasteiger partial charge < -0.3 is 14.3 Å². The third-order valence-corrected chi connectivity index (χ3v) is 8.10. The van der Waals surface area contributed by atoms with Crippen molar-refractivity contribution >= 4 is 33.3 Å². The highest BCUT2D eigenvalue weighted by Gasteiger charge is 2.28. The largest absolute Gasteiger partial charge is 0.352 e. The number of amides is 1. The van der Waals surface area contributed by atoms with Gasteiger partial charge in [-0.25, -0.2) is 9.97 Å². The third-order valence-electron chi connectivity index (χ3n) is 7.00. The van der Waals surface area contributed by atoms with E-state index >= 15 is 0 Å². The summed E-state index contributed by atoms with van der Waals surface area (Å²) >= 11 is 1.76. The van der Waals surface area contributed by atoms with Gasteiger partial charge >= 0.3 is 0 Å². The number of carbonyl (C=O) groups is 1. The number of anilines is 1. The van der Waals surface area contributed by atoms with Crippen molar-refractivity contribution in [2.75, 3.05) is 44.2 Å². The first-order chi connectivity index (χ1) is 15.9. The fourth-order valence-corrected chi connectivity index (χ4v) is 5.78. The Morgan fingerprint density at radius 3 is 2.48 bits per heavy atom. The van der Waals surface area contributed by atoms with Crippen molar-refractivity contribution in [2.45, 2.75) is 47.1 Å². The summed E-state index contributed by atoms with van der Waals surface area (Å²) in [6.45, 7) is 14.2. The lowest BCUT2D eigenvalue weighted by Crippen LogP contribution is -2.49. The molecule has 0 aromatic carbocycles. The predicted octanol–water partition coefficient (Wildman–Crippen LogP) is 3.80. The van der Waals surface area contributed by atoms with Gasteiger partial charge in [-0.15, -0.1) is 11.3 Å². The van der Waals surface area contributed by atoms with E-state index in [2.05, 4.69) is 35.7 Å². The van der Waals surface area contributed by atoms with Crippen LogP contribution in [0.2, 0.25) is 0 Å². The Morgan fingerprint density at radius 2 is 1.82 bits per heavy atom. The number of thiophene rings is 1. The molecule has 2 saturated heterocycles. The van der Waals surface area contributed by atoms with E-state index in [4.69, 9.17) is 14.5 Å². The van der Waals surface area contributed by atoms with E-state index in [1.54, 1.807) is 17.4 Å². The van der Waals surface area contributed by atoms with Crippen LogP contribution in [0, 0.1) is 26.7 Å². The molecule has 8 nitrogen and oxygen atoms in total. The molecular formula is C24H32N6O2S. The molecule has 176 valence electrons. The second kappa shape index (κ2) is 9.02. The molecule has 0 saturated carbocycles. The van der Waals surface area contributed by atoms with Crippen LogP contribution in [0.15, 0.2) is 10.6 Å². The molecule has 3 aromatic rings. The summed E-state index contributed by atoms with van der Waals surface area (Å²) in [5.74, 6) is 2.95. The molecule has 0 aliphatic carbocycles. The van der Waals surface area contributed by atoms with Gasteiger partial charge in [-0.3, -0.25) is 9.69 Å². The Morgan fingerprint density at radius 1 is 1.09 bits per heavy atom. The number of likely N-dealkylation sites (tertiary alicyclic amines) is 1. The molecule has 1 amide bonds. The molecule has 2 aliphatic heterocycles. The summed E-state index contributed by atoms with van der Waals surface area (Å²) in [5, 5.41) is 5.02. The van der Waals surface area contributed by atoms with E-state index in [1.165, 1.54) is 28.7 Å². The van der Waals surface area contributed by atoms with Crippen LogP contribution < -0.4 is 4.90 Å². The smallest absolute Gasteiger partial charge is 0.292 e. The first-order valence-electron chi connectivity index (χ1n) is 11.9. The summed E-state index contributed by atoms with van der Waals surface area (Å²) in [4.78, 5) is 31.8. The SMILES string of the molecule is Cc1cc(C(=O)N2CCN(c3nc(CN4CCC(C)CC4)nc4sc(C)c(C)c34)CC2)on1. The lowest BCUT2D eigenvalue weighted by atomic mass is 9.99. The summed E-state index contributed by atoms with van der Waals surface area (Å²) in [7, 11) is 0. The molecule has 3 aromatic heterocycles. The lowest BCUT2D eigenvalue weighted by molar-refractivity contribution is 0.0704. The van der Waals surface area contributed by atoms with Crippen LogP contribution in [0.1, 0.15) is 52.3 Å². The fourth-order valence-electron chi connectivity index (χ4n) is 4.73. The number of hydrogen-bond acceptors (Lipinski definition) is 8. The van der Waals surface area contributed by atoms with Crippen molar-refractivity contribution in [2.24, 2.45) is 5.92 Å². The Bertz CT molecular complexity index is 1160. The highest BCUT2D eigenvalue weighted by Crippen LogP contribution is 2.35. The number of nitrogens with zero attached hydrogens (tertiary/aromatic N) is 6. The van der Waals surface area contributed by atoms with Crippen molar-refractivity contribution in [3.8, 4) is 0 Å². The number of piperazine rings is 1. The van der Waals surface area contributed by atoms with Crippen molar-refractivity contribution in [3.05, 3.63) is 33.8 Å². The van der Waals surface area contributed by atoms with E-state index in [0.717, 1.165) is 60.8 Å². The molecule has 0 atom stereocenters. The quantitative estimate of drug-likeness (QED) is 0.576. The normalized spacial score (nSPS) is 18.4. The molecule has 0 N–H and O–H groups in total. The van der Waals surface area contributed by atoms with Crippen LogP contribution in [0.5, 0.6) is 0 Å². The molecule has 9 heteroatoms. The van der Waals surface area contributed by atoms with Crippen LogP contribution in [-0.4, -0.2) is 70.1 Å². The van der Waals surface area contributed by atoms with Crippen LogP contribution in [0.25, 0.3) is 10.2 Å². The number of piperidine rings is 1. The van der Waals surface area contributed by atoms with Gasteiger partial charge in [0.25, 0.3) is 5.91 Å². The zero-order valence-electron chi connectivity index (χ0n) is 19.9. The molecule has 0 spiro atoms. The zero-order chi connectivity index (χ0) is 23.1. The van der Waals surface area contributed by atoms with Crippen molar-refractivity contribution in [1.82, 2.24) is 24.9 Å². The number of aryl methyl sites for hydroxylation is 3. The highest BCUT2D eigenvalue weighted by atomic mass is 32.1. The maximum absolute atomic E-state index is 12.8. The Labute approximate surface area is 198 Å². The van der Waals surface area contributed by atoms with Gasteiger partial charge in [0.1, 0.15) is 16.5 Å². The van der Waals surface area contributed by atoms with Gasteiger partial charge in [-0.1, -0.05) is 12.1 Å². The first-order valence-corrected chi connectivity index (χ1v) is 12.7. The van der Waals surface area contributed by atoms with Gasteiger partial charge in [0, 0.05) is 37.1 Å². The van der Waals surface area contributed by atoms with Gasteiger partial charge in [-0.05, 0) is 58.2 Å². The molecule has 5 rings (SSSR count). The number of carbonyl (C=O) groups excluding carboxylic acids is 1. The topological polar surface area (TPSA) is 78.6 Å². The number of hydrogen-bond donors (Lipinski definition) is 0. The fraction of sp³-hybridized carbons (Fsp3) is 0.583. The Balaban J connectivity index is 1.37. The van der Waals surface area contributed by atoms with Crippen molar-refractivity contribution in [1.29, 1.82) is 0 Å². The minimum atomic E-state index is -0.0920. The molecule has 0 radical (unpaired) electrons. The zero-order valence-corrected chi connectivity index (χ0v) is 20.7. The van der Waals surface area contributed by atoms with Gasteiger partial charge in [0.15, 0.2) is 0 Å². The highest BCUT2D eigenvalue weighted by molar-refractivity contribution is 7.18. The summed E-state index contributed by atoms with van der Waals surface area (Å²) in [6.07, 6.45) is 2.49. The molecule has 5 heterocycles. The van der Waals surface area contributed by atoms with Crippen LogP contribution in [0.4, 0.5) is 5.82 Å². The maximum atomic E-state index is 12.8. The molecule has 2 fully saturated rings. The maximum Gasteiger partial charge on any atom is 0.292 e. The van der Waals surface area contributed by atoms with Gasteiger partial charge in [0.2, 0.25) is 5.76 Å². The predicted molar refractivity (Wildman–Crippen MR) is 130 cm³/mol. The molecular weight excluding hydrogens is 436 g/mol. The number of rotatable bonds is 4. The first kappa shape index (κ1) is 22.3. The van der Waals surface area contributed by atoms with Crippen molar-refractivity contribution in [3.63, 3.8) is 0 Å². The minimum Gasteiger partial charge on any atom is -0.352 e. The van der Waals surface area contributed by atoms with Crippen LogP contribution in [0.3, 0.4) is 0 Å². The van der Waals surface area contributed by atoms with E-state index in [-0.39, 0.29) is 5.91 Å².